The summed E-state index contributed by atoms with van der Waals surface area (Å²) in [5.41, 5.74) is 0.990. The minimum Gasteiger partial charge on any atom is -0.495 e. The number of benzene rings is 2. The number of hydrogen-bond donors (Lipinski definition) is 1. The minimum atomic E-state index is -3.78. The van der Waals surface area contributed by atoms with E-state index in [4.69, 9.17) is 21.1 Å². The Morgan fingerprint density at radius 3 is 2.54 bits per heavy atom. The van der Waals surface area contributed by atoms with Crippen molar-refractivity contribution in [3.05, 3.63) is 53.1 Å². The Morgan fingerprint density at radius 2 is 1.88 bits per heavy atom. The normalized spacial score (nSPS) is 12.7. The van der Waals surface area contributed by atoms with Gasteiger partial charge >= 0.3 is 0 Å². The quantitative estimate of drug-likeness (QED) is 0.812. The van der Waals surface area contributed by atoms with Crippen LogP contribution in [0, 0.1) is 6.92 Å². The van der Waals surface area contributed by atoms with Gasteiger partial charge in [-0.1, -0.05) is 29.8 Å². The second kappa shape index (κ2) is 7.88. The summed E-state index contributed by atoms with van der Waals surface area (Å²) < 4.78 is 38.4. The van der Waals surface area contributed by atoms with E-state index in [9.17, 15) is 8.42 Å². The molecule has 7 heteroatoms. The third kappa shape index (κ3) is 4.63. The molecule has 5 nitrogen and oxygen atoms in total. The lowest BCUT2D eigenvalue weighted by atomic mass is 10.2. The second-order valence-electron chi connectivity index (χ2n) is 5.39. The molecule has 1 N–H and O–H groups in total. The second-order valence-corrected chi connectivity index (χ2v) is 7.51. The molecule has 0 aliphatic rings. The molecule has 2 rings (SSSR count). The van der Waals surface area contributed by atoms with Crippen molar-refractivity contribution < 1.29 is 17.9 Å². The summed E-state index contributed by atoms with van der Waals surface area (Å²) in [6.45, 7) is 3.86. The SMILES string of the molecule is COc1ccc(Cl)cc1S(=O)(=O)N[C@H](C)COc1ccccc1C. The van der Waals surface area contributed by atoms with Crippen molar-refractivity contribution in [1.82, 2.24) is 4.72 Å². The molecule has 2 aromatic carbocycles. The lowest BCUT2D eigenvalue weighted by Gasteiger charge is -2.17. The van der Waals surface area contributed by atoms with E-state index in [0.717, 1.165) is 11.3 Å². The third-order valence-electron chi connectivity index (χ3n) is 3.35. The van der Waals surface area contributed by atoms with E-state index < -0.39 is 16.1 Å². The van der Waals surface area contributed by atoms with Crippen LogP contribution in [0.4, 0.5) is 0 Å². The predicted octanol–water partition coefficient (Wildman–Crippen LogP) is 3.40. The van der Waals surface area contributed by atoms with E-state index in [2.05, 4.69) is 4.72 Å². The molecular weight excluding hydrogens is 350 g/mol. The van der Waals surface area contributed by atoms with Gasteiger partial charge in [0.05, 0.1) is 13.2 Å². The van der Waals surface area contributed by atoms with E-state index in [1.165, 1.54) is 19.2 Å². The fourth-order valence-corrected chi connectivity index (χ4v) is 3.82. The molecule has 2 aromatic rings. The van der Waals surface area contributed by atoms with Crippen molar-refractivity contribution in [2.45, 2.75) is 24.8 Å². The first-order chi connectivity index (χ1) is 11.3. The first kappa shape index (κ1) is 18.6. The molecule has 0 aliphatic heterocycles. The van der Waals surface area contributed by atoms with Crippen molar-refractivity contribution in [1.29, 1.82) is 0 Å². The predicted molar refractivity (Wildman–Crippen MR) is 94.5 cm³/mol. The van der Waals surface area contributed by atoms with Gasteiger partial charge in [-0.25, -0.2) is 13.1 Å². The van der Waals surface area contributed by atoms with Crippen LogP contribution in [-0.4, -0.2) is 28.2 Å². The fourth-order valence-electron chi connectivity index (χ4n) is 2.16. The van der Waals surface area contributed by atoms with Gasteiger partial charge in [-0.3, -0.25) is 0 Å². The highest BCUT2D eigenvalue weighted by Crippen LogP contribution is 2.27. The maximum Gasteiger partial charge on any atom is 0.244 e. The zero-order valence-electron chi connectivity index (χ0n) is 13.7. The molecule has 0 spiro atoms. The summed E-state index contributed by atoms with van der Waals surface area (Å²) in [7, 11) is -2.37. The highest BCUT2D eigenvalue weighted by atomic mass is 35.5. The van der Waals surface area contributed by atoms with Crippen LogP contribution >= 0.6 is 11.6 Å². The summed E-state index contributed by atoms with van der Waals surface area (Å²) in [5.74, 6) is 0.961. The van der Waals surface area contributed by atoms with Crippen LogP contribution in [0.5, 0.6) is 11.5 Å². The van der Waals surface area contributed by atoms with Gasteiger partial charge in [0.2, 0.25) is 10.0 Å². The Morgan fingerprint density at radius 1 is 1.17 bits per heavy atom. The highest BCUT2D eigenvalue weighted by Gasteiger charge is 2.22. The smallest absolute Gasteiger partial charge is 0.244 e. The van der Waals surface area contributed by atoms with E-state index in [1.807, 2.05) is 31.2 Å². The van der Waals surface area contributed by atoms with E-state index in [1.54, 1.807) is 13.0 Å². The maximum atomic E-state index is 12.5. The maximum absolute atomic E-state index is 12.5. The molecule has 0 radical (unpaired) electrons. The lowest BCUT2D eigenvalue weighted by molar-refractivity contribution is 0.285. The summed E-state index contributed by atoms with van der Waals surface area (Å²) >= 11 is 5.90. The molecule has 0 amide bonds. The molecule has 0 aromatic heterocycles. The number of aryl methyl sites for hydroxylation is 1. The third-order valence-corrected chi connectivity index (χ3v) is 5.20. The fraction of sp³-hybridized carbons (Fsp3) is 0.294. The number of halogens is 1. The number of rotatable bonds is 7. The van der Waals surface area contributed by atoms with Gasteiger partial charge in [-0.15, -0.1) is 0 Å². The molecule has 1 atom stereocenters. The number of ether oxygens (including phenoxy) is 2. The molecule has 24 heavy (non-hydrogen) atoms. The zero-order chi connectivity index (χ0) is 17.7. The average molecular weight is 370 g/mol. The van der Waals surface area contributed by atoms with Crippen molar-refractivity contribution in [3.8, 4) is 11.5 Å². The van der Waals surface area contributed by atoms with Crippen LogP contribution in [0.25, 0.3) is 0 Å². The van der Waals surface area contributed by atoms with Crippen LogP contribution < -0.4 is 14.2 Å². The van der Waals surface area contributed by atoms with Crippen molar-refractivity contribution >= 4 is 21.6 Å². The Balaban J connectivity index is 2.09. The van der Waals surface area contributed by atoms with Gasteiger partial charge in [-0.2, -0.15) is 0 Å². The lowest BCUT2D eigenvalue weighted by Crippen LogP contribution is -2.37. The van der Waals surface area contributed by atoms with Crippen molar-refractivity contribution in [2.75, 3.05) is 13.7 Å². The first-order valence-electron chi connectivity index (χ1n) is 7.38. The Bertz CT molecular complexity index is 808. The Kier molecular flexibility index (Phi) is 6.10. The minimum absolute atomic E-state index is 0.000224. The summed E-state index contributed by atoms with van der Waals surface area (Å²) in [5, 5.41) is 0.319. The van der Waals surface area contributed by atoms with Gasteiger partial charge in [0.15, 0.2) is 0 Å². The van der Waals surface area contributed by atoms with E-state index in [-0.39, 0.29) is 17.3 Å². The van der Waals surface area contributed by atoms with Gasteiger partial charge in [0.1, 0.15) is 23.0 Å². The van der Waals surface area contributed by atoms with E-state index >= 15 is 0 Å². The molecule has 0 heterocycles. The van der Waals surface area contributed by atoms with Gasteiger partial charge in [-0.05, 0) is 43.7 Å². The highest BCUT2D eigenvalue weighted by molar-refractivity contribution is 7.89. The van der Waals surface area contributed by atoms with Crippen LogP contribution in [0.15, 0.2) is 47.4 Å². The summed E-state index contributed by atoms with van der Waals surface area (Å²) in [6, 6.07) is 11.6. The van der Waals surface area contributed by atoms with E-state index in [0.29, 0.717) is 5.02 Å². The molecule has 0 fully saturated rings. The molecule has 0 saturated carbocycles. The Labute approximate surface area is 147 Å². The number of para-hydroxylation sites is 1. The molecule has 0 bridgehead atoms. The first-order valence-corrected chi connectivity index (χ1v) is 9.24. The van der Waals surface area contributed by atoms with Crippen molar-refractivity contribution in [3.63, 3.8) is 0 Å². The van der Waals surface area contributed by atoms with Crippen LogP contribution in [-0.2, 0) is 10.0 Å². The summed E-state index contributed by atoms with van der Waals surface area (Å²) in [6.07, 6.45) is 0. The van der Waals surface area contributed by atoms with Crippen LogP contribution in [0.2, 0.25) is 5.02 Å². The van der Waals surface area contributed by atoms with Crippen LogP contribution in [0.3, 0.4) is 0 Å². The Hall–Kier alpha value is -1.76. The van der Waals surface area contributed by atoms with Crippen LogP contribution in [0.1, 0.15) is 12.5 Å². The monoisotopic (exact) mass is 369 g/mol. The number of methoxy groups -OCH3 is 1. The van der Waals surface area contributed by atoms with Gasteiger partial charge in [0, 0.05) is 5.02 Å². The largest absolute Gasteiger partial charge is 0.495 e. The number of nitrogens with one attached hydrogen (secondary N) is 1. The number of hydrogen-bond acceptors (Lipinski definition) is 4. The zero-order valence-corrected chi connectivity index (χ0v) is 15.3. The number of sulfonamides is 1. The summed E-state index contributed by atoms with van der Waals surface area (Å²) in [4.78, 5) is 0.000224. The average Bonchev–Trinajstić information content (AvgIpc) is 2.53. The molecule has 0 aliphatic carbocycles. The molecular formula is C17H20ClNO4S. The topological polar surface area (TPSA) is 64.6 Å². The molecule has 0 unspecified atom stereocenters. The standard InChI is InChI=1S/C17H20ClNO4S/c1-12-6-4-5-7-15(12)23-11-13(2)19-24(20,21)17-10-14(18)8-9-16(17)22-3/h4-10,13,19H,11H2,1-3H3/t13-/m1/s1. The van der Waals surface area contributed by atoms with Gasteiger partial charge < -0.3 is 9.47 Å². The molecule has 130 valence electrons. The van der Waals surface area contributed by atoms with Gasteiger partial charge in [0.25, 0.3) is 0 Å². The molecule has 0 saturated heterocycles. The van der Waals surface area contributed by atoms with Crippen molar-refractivity contribution in [2.24, 2.45) is 0 Å².